The number of nitrogens with zero attached hydrogens (tertiary/aromatic N) is 2. The van der Waals surface area contributed by atoms with E-state index in [0.29, 0.717) is 24.5 Å². The Kier molecular flexibility index (Phi) is 5.40. The third-order valence-corrected chi connectivity index (χ3v) is 8.20. The summed E-state index contributed by atoms with van der Waals surface area (Å²) in [6.45, 7) is 6.90. The van der Waals surface area contributed by atoms with E-state index in [1.807, 2.05) is 47.1 Å². The lowest BCUT2D eigenvalue weighted by molar-refractivity contribution is -0.118. The van der Waals surface area contributed by atoms with Gasteiger partial charge < -0.3 is 14.6 Å². The first-order valence-electron chi connectivity index (χ1n) is 13.1. The lowest BCUT2D eigenvalue weighted by Gasteiger charge is -2.54. The Morgan fingerprint density at radius 2 is 1.81 bits per heavy atom. The van der Waals surface area contributed by atoms with Crippen LogP contribution in [0.5, 0.6) is 11.5 Å². The summed E-state index contributed by atoms with van der Waals surface area (Å²) in [5, 5.41) is 11.5. The molecule has 1 aliphatic carbocycles. The molecule has 1 saturated heterocycles. The summed E-state index contributed by atoms with van der Waals surface area (Å²) < 4.78 is 13.2. The van der Waals surface area contributed by atoms with E-state index in [2.05, 4.69) is 26.2 Å². The fourth-order valence-corrected chi connectivity index (χ4v) is 6.26. The van der Waals surface area contributed by atoms with Crippen LogP contribution in [0.15, 0.2) is 42.5 Å². The van der Waals surface area contributed by atoms with Gasteiger partial charge in [-0.15, -0.1) is 0 Å². The van der Waals surface area contributed by atoms with Crippen molar-refractivity contribution >= 4 is 22.9 Å². The SMILES string of the molecule is CC(C)(C)C1(c2c(-c3ccc4c(c3)OCO4)c3ccccc3n2NC(=O)C2CC2)CCCCN1C(=O)O. The molecule has 2 N–H and O–H groups in total. The Balaban J connectivity index is 1.71. The maximum Gasteiger partial charge on any atom is 0.408 e. The molecule has 3 aromatic rings. The zero-order valence-electron chi connectivity index (χ0n) is 21.5. The largest absolute Gasteiger partial charge is 0.465 e. The number of ether oxygens (including phenoxy) is 2. The average molecular weight is 504 g/mol. The number of piperidine rings is 1. The zero-order valence-corrected chi connectivity index (χ0v) is 21.5. The molecule has 6 rings (SSSR count). The van der Waals surface area contributed by atoms with E-state index >= 15 is 0 Å². The van der Waals surface area contributed by atoms with Crippen LogP contribution in [-0.2, 0) is 10.3 Å². The number of rotatable bonds is 4. The number of carbonyl (C=O) groups is 2. The molecule has 0 spiro atoms. The van der Waals surface area contributed by atoms with Gasteiger partial charge >= 0.3 is 6.09 Å². The summed E-state index contributed by atoms with van der Waals surface area (Å²) in [6.07, 6.45) is 3.15. The van der Waals surface area contributed by atoms with Gasteiger partial charge in [0, 0.05) is 23.4 Å². The molecule has 194 valence electrons. The van der Waals surface area contributed by atoms with Crippen molar-refractivity contribution in [2.45, 2.75) is 58.4 Å². The fourth-order valence-electron chi connectivity index (χ4n) is 6.26. The van der Waals surface area contributed by atoms with Crippen molar-refractivity contribution in [1.29, 1.82) is 0 Å². The molecule has 0 radical (unpaired) electrons. The summed E-state index contributed by atoms with van der Waals surface area (Å²) in [5.41, 5.74) is 5.30. The van der Waals surface area contributed by atoms with Gasteiger partial charge in [-0.3, -0.25) is 19.8 Å². The predicted octanol–water partition coefficient (Wildman–Crippen LogP) is 5.92. The summed E-state index contributed by atoms with van der Waals surface area (Å²) in [6, 6.07) is 13.8. The number of carboxylic acid groups (broad SMARTS) is 1. The molecule has 8 nitrogen and oxygen atoms in total. The Labute approximate surface area is 216 Å². The van der Waals surface area contributed by atoms with Crippen LogP contribution in [0.2, 0.25) is 0 Å². The normalized spacial score (nSPS) is 21.3. The number of hydrogen-bond donors (Lipinski definition) is 2. The number of hydrogen-bond acceptors (Lipinski definition) is 4. The van der Waals surface area contributed by atoms with Crippen molar-refractivity contribution in [3.05, 3.63) is 48.2 Å². The van der Waals surface area contributed by atoms with Gasteiger partial charge in [-0.05, 0) is 61.3 Å². The number of carbonyl (C=O) groups excluding carboxylic acids is 1. The Morgan fingerprint density at radius 1 is 1.05 bits per heavy atom. The second-order valence-electron chi connectivity index (χ2n) is 11.4. The topological polar surface area (TPSA) is 93.0 Å². The molecular formula is C29H33N3O5. The molecule has 1 atom stereocenters. The number of benzene rings is 2. The second kappa shape index (κ2) is 8.43. The van der Waals surface area contributed by atoms with Gasteiger partial charge in [0.05, 0.1) is 16.7 Å². The minimum atomic E-state index is -0.948. The van der Waals surface area contributed by atoms with Gasteiger partial charge in [0.15, 0.2) is 11.5 Å². The molecule has 1 unspecified atom stereocenters. The number of fused-ring (bicyclic) bond motifs is 2. The summed E-state index contributed by atoms with van der Waals surface area (Å²) in [4.78, 5) is 27.7. The van der Waals surface area contributed by atoms with Gasteiger partial charge in [-0.2, -0.15) is 0 Å². The van der Waals surface area contributed by atoms with Crippen LogP contribution in [0.25, 0.3) is 22.0 Å². The maximum absolute atomic E-state index is 13.2. The van der Waals surface area contributed by atoms with Crippen LogP contribution in [0.3, 0.4) is 0 Å². The molecule has 2 fully saturated rings. The van der Waals surface area contributed by atoms with Gasteiger partial charge in [0.25, 0.3) is 0 Å². The number of likely N-dealkylation sites (tertiary alicyclic amines) is 1. The van der Waals surface area contributed by atoms with Gasteiger partial charge in [0.1, 0.15) is 0 Å². The minimum Gasteiger partial charge on any atom is -0.465 e. The Bertz CT molecular complexity index is 1400. The van der Waals surface area contributed by atoms with Crippen molar-refractivity contribution in [2.75, 3.05) is 18.8 Å². The third kappa shape index (κ3) is 3.64. The van der Waals surface area contributed by atoms with Crippen LogP contribution in [0.1, 0.15) is 58.6 Å². The standard InChI is InChI=1S/C29H33N3O5/c1-28(2,3)29(14-6-7-15-31(29)27(34)35)25-24(19-12-13-22-23(16-19)37-17-36-22)20-8-4-5-9-21(20)32(25)30-26(33)18-10-11-18/h4-5,8-9,12-13,16,18H,6-7,10-11,14-15,17H2,1-3H3,(H,30,33)(H,34,35). The van der Waals surface area contributed by atoms with Crippen LogP contribution >= 0.6 is 0 Å². The van der Waals surface area contributed by atoms with E-state index in [1.165, 1.54) is 0 Å². The first kappa shape index (κ1) is 23.7. The molecule has 1 aromatic heterocycles. The molecule has 2 aromatic carbocycles. The highest BCUT2D eigenvalue weighted by atomic mass is 16.7. The van der Waals surface area contributed by atoms with Crippen LogP contribution in [-0.4, -0.2) is 40.0 Å². The molecule has 1 saturated carbocycles. The summed E-state index contributed by atoms with van der Waals surface area (Å²) in [7, 11) is 0. The van der Waals surface area contributed by atoms with Crippen molar-refractivity contribution in [1.82, 2.24) is 9.58 Å². The highest BCUT2D eigenvalue weighted by molar-refractivity contribution is 6.01. The number of nitrogens with one attached hydrogen (secondary N) is 1. The van der Waals surface area contributed by atoms with Crippen LogP contribution in [0.4, 0.5) is 4.79 Å². The van der Waals surface area contributed by atoms with Crippen molar-refractivity contribution < 1.29 is 24.2 Å². The van der Waals surface area contributed by atoms with Crippen LogP contribution < -0.4 is 14.9 Å². The Hall–Kier alpha value is -3.68. The van der Waals surface area contributed by atoms with E-state index in [1.54, 1.807) is 4.90 Å². The summed E-state index contributed by atoms with van der Waals surface area (Å²) >= 11 is 0. The van der Waals surface area contributed by atoms with Crippen molar-refractivity contribution in [3.8, 4) is 22.6 Å². The Morgan fingerprint density at radius 3 is 2.54 bits per heavy atom. The zero-order chi connectivity index (χ0) is 25.9. The van der Waals surface area contributed by atoms with Crippen LogP contribution in [0, 0.1) is 11.3 Å². The molecule has 3 heterocycles. The van der Waals surface area contributed by atoms with Gasteiger partial charge in [-0.25, -0.2) is 4.79 Å². The van der Waals surface area contributed by atoms with E-state index < -0.39 is 17.0 Å². The lowest BCUT2D eigenvalue weighted by atomic mass is 9.65. The van der Waals surface area contributed by atoms with Gasteiger partial charge in [-0.1, -0.05) is 45.0 Å². The van der Waals surface area contributed by atoms with E-state index in [0.717, 1.165) is 53.4 Å². The lowest BCUT2D eigenvalue weighted by Crippen LogP contribution is -2.60. The summed E-state index contributed by atoms with van der Waals surface area (Å²) in [5.74, 6) is 1.31. The van der Waals surface area contributed by atoms with E-state index in [-0.39, 0.29) is 18.6 Å². The van der Waals surface area contributed by atoms with Crippen molar-refractivity contribution in [3.63, 3.8) is 0 Å². The molecule has 8 heteroatoms. The predicted molar refractivity (Wildman–Crippen MR) is 140 cm³/mol. The van der Waals surface area contributed by atoms with E-state index in [9.17, 15) is 14.7 Å². The van der Waals surface area contributed by atoms with Gasteiger partial charge in [0.2, 0.25) is 12.7 Å². The molecule has 2 amide bonds. The van der Waals surface area contributed by atoms with Crippen molar-refractivity contribution in [2.24, 2.45) is 11.3 Å². The number of para-hydroxylation sites is 1. The quantitative estimate of drug-likeness (QED) is 0.461. The number of amides is 2. The minimum absolute atomic E-state index is 0.00414. The highest BCUT2D eigenvalue weighted by Crippen LogP contribution is 2.55. The maximum atomic E-state index is 13.2. The van der Waals surface area contributed by atoms with E-state index in [4.69, 9.17) is 9.47 Å². The molecule has 0 bridgehead atoms. The first-order valence-corrected chi connectivity index (χ1v) is 13.1. The third-order valence-electron chi connectivity index (χ3n) is 8.20. The average Bonchev–Trinajstić information content (AvgIpc) is 3.54. The monoisotopic (exact) mass is 503 g/mol. The fraction of sp³-hybridized carbons (Fsp3) is 0.448. The molecule has 3 aliphatic rings. The molecule has 2 aliphatic heterocycles. The number of aromatic nitrogens is 1. The molecular weight excluding hydrogens is 470 g/mol. The highest BCUT2D eigenvalue weighted by Gasteiger charge is 2.55. The second-order valence-corrected chi connectivity index (χ2v) is 11.4. The first-order chi connectivity index (χ1) is 17.7. The molecule has 37 heavy (non-hydrogen) atoms. The smallest absolute Gasteiger partial charge is 0.408 e.